The number of cyclic esters (lactones) is 1. The molecule has 1 saturated heterocycles. The van der Waals surface area contributed by atoms with E-state index in [-0.39, 0.29) is 24.8 Å². The Labute approximate surface area is 46.6 Å². The molecule has 0 amide bonds. The van der Waals surface area contributed by atoms with E-state index < -0.39 is 0 Å². The lowest BCUT2D eigenvalue weighted by Crippen LogP contribution is -2.19. The van der Waals surface area contributed by atoms with Gasteiger partial charge in [-0.05, 0) is 0 Å². The van der Waals surface area contributed by atoms with Gasteiger partial charge in [0.15, 0.2) is 0 Å². The molecular weight excluding hydrogens is 108 g/mol. The molecule has 1 heterocycles. The van der Waals surface area contributed by atoms with Crippen LogP contribution in [0.2, 0.25) is 0 Å². The summed E-state index contributed by atoms with van der Waals surface area (Å²) < 4.78 is 4.49. The third kappa shape index (κ3) is 1.05. The normalized spacial score (nSPS) is 20.5. The Balaban J connectivity index is 2.45. The van der Waals surface area contributed by atoms with Crippen molar-refractivity contribution in [1.29, 1.82) is 0 Å². The van der Waals surface area contributed by atoms with Crippen LogP contribution in [0.25, 0.3) is 0 Å². The van der Waals surface area contributed by atoms with Crippen LogP contribution in [-0.4, -0.2) is 18.4 Å². The molecule has 3 heteroatoms. The van der Waals surface area contributed by atoms with Gasteiger partial charge in [0.25, 0.3) is 0 Å². The predicted molar refractivity (Wildman–Crippen MR) is 25.2 cm³/mol. The fraction of sp³-hybridized carbons (Fsp3) is 0.600. The number of Topliss-reactive ketones (excluding diaryl/α,β-unsaturated/α-hetero) is 1. The molecule has 0 aromatic rings. The lowest BCUT2D eigenvalue weighted by Gasteiger charge is -2.07. The number of esters is 1. The highest BCUT2D eigenvalue weighted by Crippen LogP contribution is 2.00. The quantitative estimate of drug-likeness (QED) is 0.326. The molecule has 44 valence electrons. The third-order valence-corrected chi connectivity index (χ3v) is 0.985. The van der Waals surface area contributed by atoms with Gasteiger partial charge in [-0.3, -0.25) is 9.59 Å². The Morgan fingerprint density at radius 2 is 2.12 bits per heavy atom. The van der Waals surface area contributed by atoms with Crippen LogP contribution in [0.3, 0.4) is 0 Å². The minimum absolute atomic E-state index is 0.0127. The summed E-state index contributed by atoms with van der Waals surface area (Å²) in [5.74, 6) is -0.400. The summed E-state index contributed by atoms with van der Waals surface area (Å²) in [4.78, 5) is 20.6. The van der Waals surface area contributed by atoms with E-state index in [0.717, 1.165) is 0 Å². The summed E-state index contributed by atoms with van der Waals surface area (Å²) in [7, 11) is 0. The first-order valence-electron chi connectivity index (χ1n) is 2.46. The molecule has 0 spiro atoms. The number of hydrogen-bond acceptors (Lipinski definition) is 3. The van der Waals surface area contributed by atoms with Crippen molar-refractivity contribution < 1.29 is 14.3 Å². The second-order valence-corrected chi connectivity index (χ2v) is 1.69. The van der Waals surface area contributed by atoms with E-state index in [1.165, 1.54) is 0 Å². The molecule has 1 rings (SSSR count). The highest BCUT2D eigenvalue weighted by molar-refractivity contribution is 5.97. The SMILES string of the molecule is O=C1CCOC(=O)C1. The molecule has 1 fully saturated rings. The molecule has 8 heavy (non-hydrogen) atoms. The van der Waals surface area contributed by atoms with Crippen LogP contribution in [0.5, 0.6) is 0 Å². The number of ketones is 1. The molecule has 0 aliphatic carbocycles. The van der Waals surface area contributed by atoms with Crippen molar-refractivity contribution in [3.63, 3.8) is 0 Å². The van der Waals surface area contributed by atoms with E-state index in [2.05, 4.69) is 4.74 Å². The van der Waals surface area contributed by atoms with E-state index in [9.17, 15) is 9.59 Å². The maximum atomic E-state index is 10.4. The standard InChI is InChI=1S/C5H6O3/c6-4-1-2-8-5(7)3-4/h1-3H2. The fourth-order valence-corrected chi connectivity index (χ4v) is 0.579. The summed E-state index contributed by atoms with van der Waals surface area (Å²) in [6, 6.07) is 0. The molecule has 0 radical (unpaired) electrons. The summed E-state index contributed by atoms with van der Waals surface area (Å²) in [5, 5.41) is 0. The van der Waals surface area contributed by atoms with Crippen LogP contribution in [0.15, 0.2) is 0 Å². The summed E-state index contributed by atoms with van der Waals surface area (Å²) in [6.07, 6.45) is 0.367. The van der Waals surface area contributed by atoms with E-state index in [1.54, 1.807) is 0 Å². The van der Waals surface area contributed by atoms with Crippen molar-refractivity contribution in [2.75, 3.05) is 6.61 Å². The van der Waals surface area contributed by atoms with Crippen molar-refractivity contribution in [3.8, 4) is 0 Å². The Bertz CT molecular complexity index is 114. The third-order valence-electron chi connectivity index (χ3n) is 0.985. The number of hydrogen-bond donors (Lipinski definition) is 0. The highest BCUT2D eigenvalue weighted by Gasteiger charge is 2.15. The molecule has 3 nitrogen and oxygen atoms in total. The van der Waals surface area contributed by atoms with Gasteiger partial charge >= 0.3 is 5.97 Å². The van der Waals surface area contributed by atoms with Gasteiger partial charge in [0.2, 0.25) is 0 Å². The number of carbonyl (C=O) groups is 2. The van der Waals surface area contributed by atoms with Gasteiger partial charge < -0.3 is 4.74 Å². The Morgan fingerprint density at radius 1 is 1.38 bits per heavy atom. The second-order valence-electron chi connectivity index (χ2n) is 1.69. The van der Waals surface area contributed by atoms with Crippen LogP contribution in [-0.2, 0) is 14.3 Å². The van der Waals surface area contributed by atoms with E-state index in [0.29, 0.717) is 6.42 Å². The number of carbonyl (C=O) groups excluding carboxylic acids is 2. The van der Waals surface area contributed by atoms with Crippen molar-refractivity contribution in [2.24, 2.45) is 0 Å². The lowest BCUT2D eigenvalue weighted by atomic mass is 10.2. The maximum Gasteiger partial charge on any atom is 0.313 e. The topological polar surface area (TPSA) is 43.4 Å². The van der Waals surface area contributed by atoms with Gasteiger partial charge in [0, 0.05) is 6.42 Å². The molecule has 1 aliphatic rings. The minimum atomic E-state index is -0.388. The maximum absolute atomic E-state index is 10.4. The first-order chi connectivity index (χ1) is 3.79. The molecule has 0 aromatic heterocycles. The molecule has 0 unspecified atom stereocenters. The van der Waals surface area contributed by atoms with E-state index in [1.807, 2.05) is 0 Å². The predicted octanol–water partition coefficient (Wildman–Crippen LogP) is -0.108. The summed E-state index contributed by atoms with van der Waals surface area (Å²) in [6.45, 7) is 0.275. The molecule has 0 bridgehead atoms. The van der Waals surface area contributed by atoms with Gasteiger partial charge in [-0.15, -0.1) is 0 Å². The van der Waals surface area contributed by atoms with Crippen LogP contribution < -0.4 is 0 Å². The first kappa shape index (κ1) is 5.28. The smallest absolute Gasteiger partial charge is 0.313 e. The monoisotopic (exact) mass is 114 g/mol. The summed E-state index contributed by atoms with van der Waals surface area (Å²) in [5.41, 5.74) is 0. The Hall–Kier alpha value is -0.860. The molecular formula is C5H6O3. The molecule has 0 atom stereocenters. The van der Waals surface area contributed by atoms with E-state index in [4.69, 9.17) is 0 Å². The van der Waals surface area contributed by atoms with Crippen molar-refractivity contribution in [2.45, 2.75) is 12.8 Å². The van der Waals surface area contributed by atoms with E-state index >= 15 is 0 Å². The first-order valence-corrected chi connectivity index (χ1v) is 2.46. The average Bonchev–Trinajstić information content (AvgIpc) is 1.64. The zero-order valence-corrected chi connectivity index (χ0v) is 4.35. The van der Waals surface area contributed by atoms with Gasteiger partial charge in [0.05, 0.1) is 6.61 Å². The van der Waals surface area contributed by atoms with Gasteiger partial charge in [-0.1, -0.05) is 0 Å². The zero-order valence-electron chi connectivity index (χ0n) is 4.35. The van der Waals surface area contributed by atoms with Crippen molar-refractivity contribution >= 4 is 11.8 Å². The summed E-state index contributed by atoms with van der Waals surface area (Å²) >= 11 is 0. The highest BCUT2D eigenvalue weighted by atomic mass is 16.5. The van der Waals surface area contributed by atoms with Gasteiger partial charge in [-0.2, -0.15) is 0 Å². The van der Waals surface area contributed by atoms with Crippen molar-refractivity contribution in [3.05, 3.63) is 0 Å². The van der Waals surface area contributed by atoms with Crippen molar-refractivity contribution in [1.82, 2.24) is 0 Å². The molecule has 1 aliphatic heterocycles. The van der Waals surface area contributed by atoms with Crippen LogP contribution in [0, 0.1) is 0 Å². The van der Waals surface area contributed by atoms with Gasteiger partial charge in [0.1, 0.15) is 12.2 Å². The molecule has 0 N–H and O–H groups in total. The number of ether oxygens (including phenoxy) is 1. The van der Waals surface area contributed by atoms with Crippen LogP contribution >= 0.6 is 0 Å². The van der Waals surface area contributed by atoms with Gasteiger partial charge in [-0.25, -0.2) is 0 Å². The Kier molecular flexibility index (Phi) is 1.28. The number of rotatable bonds is 0. The lowest BCUT2D eigenvalue weighted by molar-refractivity contribution is -0.150. The Morgan fingerprint density at radius 3 is 2.50 bits per heavy atom. The zero-order chi connectivity index (χ0) is 5.98. The minimum Gasteiger partial charge on any atom is -0.465 e. The fourth-order valence-electron chi connectivity index (χ4n) is 0.579. The molecule has 0 saturated carbocycles. The second kappa shape index (κ2) is 1.94. The average molecular weight is 114 g/mol. The largest absolute Gasteiger partial charge is 0.465 e. The van der Waals surface area contributed by atoms with Crippen LogP contribution in [0.4, 0.5) is 0 Å². The van der Waals surface area contributed by atoms with Crippen LogP contribution in [0.1, 0.15) is 12.8 Å². The molecule has 0 aromatic carbocycles.